The summed E-state index contributed by atoms with van der Waals surface area (Å²) in [7, 11) is 0. The number of thioether (sulfide) groups is 1. The van der Waals surface area contributed by atoms with Gasteiger partial charge in [0, 0.05) is 23.3 Å². The van der Waals surface area contributed by atoms with Gasteiger partial charge in [0.25, 0.3) is 0 Å². The van der Waals surface area contributed by atoms with Crippen LogP contribution >= 0.6 is 23.1 Å². The van der Waals surface area contributed by atoms with Crippen molar-refractivity contribution in [1.29, 1.82) is 0 Å². The molecule has 4 aromatic rings. The second-order valence-electron chi connectivity index (χ2n) is 5.86. The average molecular weight is 351 g/mol. The standard InChI is InChI=1S/C20H18N2S2/c1-15-9-19(17-7-8-23-13-17)20-21-10-18(22(20)11-15)14-24-12-16-5-3-2-4-6-16/h2-11,13H,12,14H2,1H3. The molecular weight excluding hydrogens is 332 g/mol. The molecule has 0 aliphatic heterocycles. The highest BCUT2D eigenvalue weighted by molar-refractivity contribution is 7.97. The van der Waals surface area contributed by atoms with E-state index in [1.54, 1.807) is 11.3 Å². The fourth-order valence-electron chi connectivity index (χ4n) is 2.86. The van der Waals surface area contributed by atoms with Gasteiger partial charge in [-0.3, -0.25) is 0 Å². The number of aryl methyl sites for hydroxylation is 1. The molecule has 3 aromatic heterocycles. The molecule has 4 rings (SSSR count). The number of aromatic nitrogens is 2. The highest BCUT2D eigenvalue weighted by atomic mass is 32.2. The van der Waals surface area contributed by atoms with E-state index >= 15 is 0 Å². The lowest BCUT2D eigenvalue weighted by Gasteiger charge is -2.07. The Hall–Kier alpha value is -2.04. The number of fused-ring (bicyclic) bond motifs is 1. The Bertz CT molecular complexity index is 941. The molecule has 0 aliphatic rings. The van der Waals surface area contributed by atoms with Gasteiger partial charge >= 0.3 is 0 Å². The second-order valence-corrected chi connectivity index (χ2v) is 7.63. The van der Waals surface area contributed by atoms with E-state index in [4.69, 9.17) is 4.98 Å². The Morgan fingerprint density at radius 1 is 1.12 bits per heavy atom. The summed E-state index contributed by atoms with van der Waals surface area (Å²) in [5, 5.41) is 4.31. The first-order valence-corrected chi connectivity index (χ1v) is 10.0. The van der Waals surface area contributed by atoms with E-state index in [1.165, 1.54) is 27.9 Å². The second kappa shape index (κ2) is 6.83. The fourth-order valence-corrected chi connectivity index (χ4v) is 4.47. The van der Waals surface area contributed by atoms with E-state index in [9.17, 15) is 0 Å². The summed E-state index contributed by atoms with van der Waals surface area (Å²) in [6.45, 7) is 2.15. The van der Waals surface area contributed by atoms with Crippen LogP contribution in [0.5, 0.6) is 0 Å². The molecule has 0 spiro atoms. The Kier molecular flexibility index (Phi) is 4.41. The number of imidazole rings is 1. The normalized spacial score (nSPS) is 11.2. The number of benzene rings is 1. The summed E-state index contributed by atoms with van der Waals surface area (Å²) in [5.41, 5.74) is 7.40. The molecule has 2 nitrogen and oxygen atoms in total. The van der Waals surface area contributed by atoms with Crippen molar-refractivity contribution in [3.05, 3.63) is 82.4 Å². The van der Waals surface area contributed by atoms with Gasteiger partial charge in [-0.2, -0.15) is 23.1 Å². The molecule has 0 fully saturated rings. The van der Waals surface area contributed by atoms with E-state index in [-0.39, 0.29) is 0 Å². The molecule has 0 N–H and O–H groups in total. The lowest BCUT2D eigenvalue weighted by molar-refractivity contribution is 1.08. The lowest BCUT2D eigenvalue weighted by atomic mass is 10.1. The van der Waals surface area contributed by atoms with Gasteiger partial charge in [-0.15, -0.1) is 0 Å². The number of hydrogen-bond donors (Lipinski definition) is 0. The van der Waals surface area contributed by atoms with Crippen LogP contribution in [0, 0.1) is 6.92 Å². The number of thiophene rings is 1. The highest BCUT2D eigenvalue weighted by Crippen LogP contribution is 2.29. The monoisotopic (exact) mass is 350 g/mol. The summed E-state index contributed by atoms with van der Waals surface area (Å²) >= 11 is 3.66. The van der Waals surface area contributed by atoms with Crippen LogP contribution in [0.4, 0.5) is 0 Å². The summed E-state index contributed by atoms with van der Waals surface area (Å²) in [5.74, 6) is 1.99. The SMILES string of the molecule is Cc1cc(-c2ccsc2)c2ncc(CSCc3ccccc3)n2c1. The van der Waals surface area contributed by atoms with Crippen molar-refractivity contribution >= 4 is 28.7 Å². The van der Waals surface area contributed by atoms with Crippen LogP contribution in [0.2, 0.25) is 0 Å². The predicted octanol–water partition coefficient (Wildman–Crippen LogP) is 5.80. The Labute approximate surface area is 150 Å². The van der Waals surface area contributed by atoms with Crippen molar-refractivity contribution in [2.75, 3.05) is 0 Å². The smallest absolute Gasteiger partial charge is 0.144 e. The van der Waals surface area contributed by atoms with E-state index < -0.39 is 0 Å². The zero-order valence-electron chi connectivity index (χ0n) is 13.5. The third-order valence-corrected chi connectivity index (χ3v) is 5.73. The van der Waals surface area contributed by atoms with Crippen LogP contribution in [0.1, 0.15) is 16.8 Å². The van der Waals surface area contributed by atoms with Gasteiger partial charge in [0.1, 0.15) is 5.65 Å². The fraction of sp³-hybridized carbons (Fsp3) is 0.150. The van der Waals surface area contributed by atoms with Crippen LogP contribution in [0.25, 0.3) is 16.8 Å². The van der Waals surface area contributed by atoms with Crippen molar-refractivity contribution < 1.29 is 0 Å². The molecule has 120 valence electrons. The Balaban J connectivity index is 1.60. The number of hydrogen-bond acceptors (Lipinski definition) is 3. The summed E-state index contributed by atoms with van der Waals surface area (Å²) in [6.07, 6.45) is 4.21. The van der Waals surface area contributed by atoms with Crippen molar-refractivity contribution in [2.45, 2.75) is 18.4 Å². The zero-order chi connectivity index (χ0) is 16.4. The molecule has 1 aromatic carbocycles. The molecule has 0 aliphatic carbocycles. The first-order chi connectivity index (χ1) is 11.8. The minimum atomic E-state index is 0.961. The maximum absolute atomic E-state index is 4.70. The van der Waals surface area contributed by atoms with Gasteiger partial charge in [-0.05, 0) is 46.5 Å². The van der Waals surface area contributed by atoms with Crippen molar-refractivity contribution in [2.24, 2.45) is 0 Å². The van der Waals surface area contributed by atoms with Gasteiger partial charge in [0.05, 0.1) is 11.9 Å². The van der Waals surface area contributed by atoms with Crippen molar-refractivity contribution in [3.8, 4) is 11.1 Å². The van der Waals surface area contributed by atoms with Gasteiger partial charge in [0.2, 0.25) is 0 Å². The third-order valence-electron chi connectivity index (χ3n) is 4.01. The molecule has 0 unspecified atom stereocenters. The number of rotatable bonds is 5. The van der Waals surface area contributed by atoms with E-state index in [0.29, 0.717) is 0 Å². The minimum Gasteiger partial charge on any atom is -0.302 e. The van der Waals surface area contributed by atoms with Gasteiger partial charge in [-0.25, -0.2) is 4.98 Å². The molecule has 3 heterocycles. The third kappa shape index (κ3) is 3.12. The van der Waals surface area contributed by atoms with Gasteiger partial charge < -0.3 is 4.40 Å². The minimum absolute atomic E-state index is 0.961. The molecule has 0 radical (unpaired) electrons. The van der Waals surface area contributed by atoms with E-state index in [2.05, 4.69) is 70.7 Å². The van der Waals surface area contributed by atoms with Crippen LogP contribution < -0.4 is 0 Å². The number of nitrogens with zero attached hydrogens (tertiary/aromatic N) is 2. The largest absolute Gasteiger partial charge is 0.302 e. The quantitative estimate of drug-likeness (QED) is 0.452. The first-order valence-electron chi connectivity index (χ1n) is 7.92. The molecule has 0 saturated heterocycles. The first kappa shape index (κ1) is 15.5. The molecular formula is C20H18N2S2. The maximum atomic E-state index is 4.70. The molecule has 0 atom stereocenters. The van der Waals surface area contributed by atoms with Crippen molar-refractivity contribution in [1.82, 2.24) is 9.38 Å². The van der Waals surface area contributed by atoms with E-state index in [0.717, 1.165) is 17.2 Å². The predicted molar refractivity (Wildman–Crippen MR) is 105 cm³/mol. The van der Waals surface area contributed by atoms with Gasteiger partial charge in [0.15, 0.2) is 0 Å². The van der Waals surface area contributed by atoms with Gasteiger partial charge in [-0.1, -0.05) is 30.3 Å². The van der Waals surface area contributed by atoms with Crippen LogP contribution in [0.3, 0.4) is 0 Å². The molecule has 4 heteroatoms. The summed E-state index contributed by atoms with van der Waals surface area (Å²) in [6, 6.07) is 15.0. The van der Waals surface area contributed by atoms with Crippen LogP contribution in [0.15, 0.2) is 65.6 Å². The molecule has 24 heavy (non-hydrogen) atoms. The molecule has 0 bridgehead atoms. The van der Waals surface area contributed by atoms with Crippen LogP contribution in [-0.4, -0.2) is 9.38 Å². The highest BCUT2D eigenvalue weighted by Gasteiger charge is 2.11. The Morgan fingerprint density at radius 2 is 2.00 bits per heavy atom. The van der Waals surface area contributed by atoms with Crippen molar-refractivity contribution in [3.63, 3.8) is 0 Å². The average Bonchev–Trinajstić information content (AvgIpc) is 3.26. The molecule has 0 amide bonds. The summed E-state index contributed by atoms with van der Waals surface area (Å²) < 4.78 is 2.25. The molecule has 0 saturated carbocycles. The van der Waals surface area contributed by atoms with E-state index in [1.807, 2.05) is 18.0 Å². The maximum Gasteiger partial charge on any atom is 0.144 e. The number of pyridine rings is 1. The summed E-state index contributed by atoms with van der Waals surface area (Å²) in [4.78, 5) is 4.70. The Morgan fingerprint density at radius 3 is 2.79 bits per heavy atom. The van der Waals surface area contributed by atoms with Crippen LogP contribution in [-0.2, 0) is 11.5 Å². The topological polar surface area (TPSA) is 17.3 Å². The zero-order valence-corrected chi connectivity index (χ0v) is 15.1. The lowest BCUT2D eigenvalue weighted by Crippen LogP contribution is -1.94.